The summed E-state index contributed by atoms with van der Waals surface area (Å²) in [6, 6.07) is 39.7. The van der Waals surface area contributed by atoms with Crippen molar-refractivity contribution in [3.05, 3.63) is 116 Å². The Labute approximate surface area is 197 Å². The van der Waals surface area contributed by atoms with E-state index in [4.69, 9.17) is 0 Å². The number of rotatable bonds is 2. The summed E-state index contributed by atoms with van der Waals surface area (Å²) >= 11 is 0. The van der Waals surface area contributed by atoms with Gasteiger partial charge in [-0.2, -0.15) is 0 Å². The molecule has 7 rings (SSSR count). The second-order valence-corrected chi connectivity index (χ2v) is 8.99. The van der Waals surface area contributed by atoms with E-state index in [2.05, 4.69) is 119 Å². The van der Waals surface area contributed by atoms with Crippen LogP contribution in [0.1, 0.15) is 0 Å². The lowest BCUT2D eigenvalue weighted by atomic mass is 9.92. The van der Waals surface area contributed by atoms with Crippen molar-refractivity contribution < 1.29 is 0 Å². The molecule has 160 valence electrons. The zero-order valence-electron chi connectivity index (χ0n) is 18.9. The van der Waals surface area contributed by atoms with Gasteiger partial charge in [-0.3, -0.25) is 0 Å². The first-order valence-corrected chi connectivity index (χ1v) is 11.6. The molecule has 0 aliphatic rings. The van der Waals surface area contributed by atoms with Crippen LogP contribution in [-0.4, -0.2) is 9.55 Å². The monoisotopic (exact) mass is 434 g/mol. The summed E-state index contributed by atoms with van der Waals surface area (Å²) in [5, 5.41) is 7.84. The number of fused-ring (bicyclic) bond motifs is 7. The maximum atomic E-state index is 4.44. The lowest BCUT2D eigenvalue weighted by molar-refractivity contribution is 0.948. The highest BCUT2D eigenvalue weighted by atomic mass is 15.0. The molecule has 2 nitrogen and oxygen atoms in total. The highest BCUT2D eigenvalue weighted by molar-refractivity contribution is 6.25. The molecule has 0 saturated carbocycles. The SMILES string of the molecule is Cn1cnc2ccc(-c3ccc(-c4ccc5c6ccccc6c6ccccc6c5c4)cc3)cc21. The zero-order chi connectivity index (χ0) is 22.6. The molecule has 0 radical (unpaired) electrons. The van der Waals surface area contributed by atoms with Crippen LogP contribution >= 0.6 is 0 Å². The van der Waals surface area contributed by atoms with Gasteiger partial charge >= 0.3 is 0 Å². The van der Waals surface area contributed by atoms with Crippen molar-refractivity contribution in [1.29, 1.82) is 0 Å². The molecule has 2 heteroatoms. The fraction of sp³-hybridized carbons (Fsp3) is 0.0312. The van der Waals surface area contributed by atoms with Gasteiger partial charge in [0.15, 0.2) is 0 Å². The Balaban J connectivity index is 1.36. The minimum absolute atomic E-state index is 1.03. The number of nitrogens with zero attached hydrogens (tertiary/aromatic N) is 2. The first-order valence-electron chi connectivity index (χ1n) is 11.6. The third kappa shape index (κ3) is 2.85. The van der Waals surface area contributed by atoms with Gasteiger partial charge in [0.1, 0.15) is 0 Å². The van der Waals surface area contributed by atoms with Gasteiger partial charge in [0, 0.05) is 7.05 Å². The van der Waals surface area contributed by atoms with Gasteiger partial charge in [-0.05, 0) is 72.8 Å². The molecule has 1 aromatic heterocycles. The van der Waals surface area contributed by atoms with Gasteiger partial charge in [0.05, 0.1) is 17.4 Å². The molecule has 0 fully saturated rings. The van der Waals surface area contributed by atoms with Crippen molar-refractivity contribution in [2.24, 2.45) is 7.05 Å². The smallest absolute Gasteiger partial charge is 0.0955 e. The van der Waals surface area contributed by atoms with Crippen LogP contribution in [0.15, 0.2) is 116 Å². The van der Waals surface area contributed by atoms with E-state index in [-0.39, 0.29) is 0 Å². The Bertz CT molecular complexity index is 1820. The zero-order valence-corrected chi connectivity index (χ0v) is 18.9. The summed E-state index contributed by atoms with van der Waals surface area (Å²) in [5.74, 6) is 0. The number of hydrogen-bond donors (Lipinski definition) is 0. The van der Waals surface area contributed by atoms with Crippen molar-refractivity contribution in [1.82, 2.24) is 9.55 Å². The predicted molar refractivity (Wildman–Crippen MR) is 144 cm³/mol. The topological polar surface area (TPSA) is 17.8 Å². The highest BCUT2D eigenvalue weighted by Crippen LogP contribution is 2.37. The first-order chi connectivity index (χ1) is 16.8. The third-order valence-electron chi connectivity index (χ3n) is 7.02. The summed E-state index contributed by atoms with van der Waals surface area (Å²) in [5.41, 5.74) is 7.06. The average molecular weight is 435 g/mol. The van der Waals surface area contributed by atoms with E-state index < -0.39 is 0 Å². The number of hydrogen-bond acceptors (Lipinski definition) is 1. The van der Waals surface area contributed by atoms with E-state index in [0.29, 0.717) is 0 Å². The van der Waals surface area contributed by atoms with Gasteiger partial charge < -0.3 is 4.57 Å². The van der Waals surface area contributed by atoms with E-state index in [1.165, 1.54) is 54.6 Å². The molecule has 0 aliphatic carbocycles. The normalized spacial score (nSPS) is 11.7. The van der Waals surface area contributed by atoms with Gasteiger partial charge in [-0.25, -0.2) is 4.98 Å². The molecule has 0 spiro atoms. The van der Waals surface area contributed by atoms with Gasteiger partial charge in [0.2, 0.25) is 0 Å². The summed E-state index contributed by atoms with van der Waals surface area (Å²) < 4.78 is 2.07. The maximum absolute atomic E-state index is 4.44. The summed E-state index contributed by atoms with van der Waals surface area (Å²) in [6.45, 7) is 0. The van der Waals surface area contributed by atoms with E-state index in [1.54, 1.807) is 0 Å². The van der Waals surface area contributed by atoms with Crippen molar-refractivity contribution in [3.8, 4) is 22.3 Å². The Hall–Kier alpha value is -4.43. The van der Waals surface area contributed by atoms with Crippen LogP contribution < -0.4 is 0 Å². The van der Waals surface area contributed by atoms with Crippen LogP contribution in [0.25, 0.3) is 65.6 Å². The van der Waals surface area contributed by atoms with E-state index in [9.17, 15) is 0 Å². The third-order valence-corrected chi connectivity index (χ3v) is 7.02. The molecule has 7 aromatic rings. The minimum atomic E-state index is 1.03. The van der Waals surface area contributed by atoms with Crippen molar-refractivity contribution in [2.75, 3.05) is 0 Å². The van der Waals surface area contributed by atoms with Crippen LogP contribution in [0.3, 0.4) is 0 Å². The summed E-state index contributed by atoms with van der Waals surface area (Å²) in [6.07, 6.45) is 1.87. The lowest BCUT2D eigenvalue weighted by Crippen LogP contribution is -1.86. The molecule has 0 aliphatic heterocycles. The summed E-state index contributed by atoms with van der Waals surface area (Å²) in [7, 11) is 2.04. The second-order valence-electron chi connectivity index (χ2n) is 8.99. The van der Waals surface area contributed by atoms with Crippen molar-refractivity contribution in [3.63, 3.8) is 0 Å². The van der Waals surface area contributed by atoms with E-state index in [0.717, 1.165) is 11.0 Å². The van der Waals surface area contributed by atoms with Crippen molar-refractivity contribution >= 4 is 43.4 Å². The minimum Gasteiger partial charge on any atom is -0.334 e. The molecule has 34 heavy (non-hydrogen) atoms. The largest absolute Gasteiger partial charge is 0.334 e. The maximum Gasteiger partial charge on any atom is 0.0955 e. The van der Waals surface area contributed by atoms with Gasteiger partial charge in [-0.1, -0.05) is 91.0 Å². The quantitative estimate of drug-likeness (QED) is 0.250. The van der Waals surface area contributed by atoms with Crippen LogP contribution in [-0.2, 0) is 7.05 Å². The van der Waals surface area contributed by atoms with E-state index >= 15 is 0 Å². The van der Waals surface area contributed by atoms with E-state index in [1.807, 2.05) is 13.4 Å². The number of benzene rings is 6. The molecule has 0 bridgehead atoms. The number of aryl methyl sites for hydroxylation is 1. The molecule has 0 amide bonds. The molecule has 0 atom stereocenters. The first kappa shape index (κ1) is 19.1. The second kappa shape index (κ2) is 7.29. The molecule has 0 unspecified atom stereocenters. The van der Waals surface area contributed by atoms with Gasteiger partial charge in [-0.15, -0.1) is 0 Å². The molecule has 6 aromatic carbocycles. The Kier molecular flexibility index (Phi) is 4.09. The van der Waals surface area contributed by atoms with Crippen LogP contribution in [0, 0.1) is 0 Å². The Morgan fingerprint density at radius 1 is 0.471 bits per heavy atom. The van der Waals surface area contributed by atoms with Gasteiger partial charge in [0.25, 0.3) is 0 Å². The Morgan fingerprint density at radius 2 is 0.941 bits per heavy atom. The molecule has 0 saturated heterocycles. The number of imidazole rings is 1. The lowest BCUT2D eigenvalue weighted by Gasteiger charge is -2.12. The summed E-state index contributed by atoms with van der Waals surface area (Å²) in [4.78, 5) is 4.44. The molecular weight excluding hydrogens is 412 g/mol. The molecular formula is C32H22N2. The average Bonchev–Trinajstić information content (AvgIpc) is 3.28. The van der Waals surface area contributed by atoms with Crippen LogP contribution in [0.4, 0.5) is 0 Å². The number of aromatic nitrogens is 2. The fourth-order valence-corrected chi connectivity index (χ4v) is 5.25. The Morgan fingerprint density at radius 3 is 1.56 bits per heavy atom. The molecule has 1 heterocycles. The molecule has 0 N–H and O–H groups in total. The fourth-order valence-electron chi connectivity index (χ4n) is 5.25. The highest BCUT2D eigenvalue weighted by Gasteiger charge is 2.10. The van der Waals surface area contributed by atoms with Crippen LogP contribution in [0.5, 0.6) is 0 Å². The van der Waals surface area contributed by atoms with Crippen LogP contribution in [0.2, 0.25) is 0 Å². The standard InChI is InChI=1S/C32H22N2/c1-34-20-33-31-17-15-24(19-32(31)34)22-12-10-21(11-13-22)23-14-16-29-27-8-3-2-6-25(27)26-7-4-5-9-28(26)30(29)18-23/h2-20H,1H3. The predicted octanol–water partition coefficient (Wildman–Crippen LogP) is 8.37. The van der Waals surface area contributed by atoms with Crippen molar-refractivity contribution in [2.45, 2.75) is 0 Å².